The molecule has 0 amide bonds. The molecule has 0 radical (unpaired) electrons. The van der Waals surface area contributed by atoms with Crippen molar-refractivity contribution in [3.63, 3.8) is 0 Å². The van der Waals surface area contributed by atoms with Crippen LogP contribution in [0.25, 0.3) is 16.2 Å². The normalized spacial score (nSPS) is 11.0. The molecule has 0 bridgehead atoms. The van der Waals surface area contributed by atoms with Crippen LogP contribution < -0.4 is 0 Å². The second kappa shape index (κ2) is 5.29. The number of hydrogen-bond donors (Lipinski definition) is 0. The van der Waals surface area contributed by atoms with Crippen molar-refractivity contribution in [3.8, 4) is 11.3 Å². The third kappa shape index (κ3) is 2.31. The first-order valence-electron chi connectivity index (χ1n) is 6.52. The number of aryl methyl sites for hydroxylation is 1. The smallest absolute Gasteiger partial charge is 0.350 e. The highest BCUT2D eigenvalue weighted by Gasteiger charge is 2.19. The minimum Gasteiger partial charge on any atom is -0.462 e. The van der Waals surface area contributed by atoms with Crippen LogP contribution in [0, 0.1) is 12.7 Å². The lowest BCUT2D eigenvalue weighted by atomic mass is 10.1. The van der Waals surface area contributed by atoms with Crippen molar-refractivity contribution in [1.82, 2.24) is 9.38 Å². The van der Waals surface area contributed by atoms with Crippen LogP contribution in [0.4, 0.5) is 4.39 Å². The van der Waals surface area contributed by atoms with Crippen LogP contribution in [-0.4, -0.2) is 22.0 Å². The Kier molecular flexibility index (Phi) is 3.47. The molecule has 0 saturated carbocycles. The molecule has 0 atom stereocenters. The quantitative estimate of drug-likeness (QED) is 0.693. The van der Waals surface area contributed by atoms with E-state index < -0.39 is 0 Å². The summed E-state index contributed by atoms with van der Waals surface area (Å²) in [5.41, 5.74) is 1.76. The maximum atomic E-state index is 13.8. The fraction of sp³-hybridized carbons (Fsp3) is 0.200. The Labute approximate surface area is 124 Å². The number of imidazole rings is 1. The number of carbonyl (C=O) groups is 1. The number of ether oxygens (including phenoxy) is 1. The van der Waals surface area contributed by atoms with E-state index in [0.717, 1.165) is 5.69 Å². The minimum atomic E-state index is -0.349. The van der Waals surface area contributed by atoms with Gasteiger partial charge in [0.05, 0.1) is 12.3 Å². The zero-order chi connectivity index (χ0) is 15.0. The third-order valence-electron chi connectivity index (χ3n) is 3.17. The Morgan fingerprint density at radius 1 is 1.43 bits per heavy atom. The van der Waals surface area contributed by atoms with Crippen molar-refractivity contribution in [1.29, 1.82) is 0 Å². The van der Waals surface area contributed by atoms with Crippen LogP contribution in [0.5, 0.6) is 0 Å². The molecule has 0 aliphatic carbocycles. The summed E-state index contributed by atoms with van der Waals surface area (Å²) >= 11 is 1.25. The number of halogens is 1. The molecule has 0 aliphatic rings. The molecule has 0 N–H and O–H groups in total. The van der Waals surface area contributed by atoms with E-state index in [1.165, 1.54) is 17.4 Å². The van der Waals surface area contributed by atoms with Gasteiger partial charge in [-0.15, -0.1) is 0 Å². The molecule has 21 heavy (non-hydrogen) atoms. The van der Waals surface area contributed by atoms with Crippen LogP contribution in [0.2, 0.25) is 0 Å². The fourth-order valence-electron chi connectivity index (χ4n) is 2.13. The Bertz CT molecular complexity index is 822. The molecular weight excluding hydrogens is 291 g/mol. The van der Waals surface area contributed by atoms with Crippen LogP contribution in [0.3, 0.4) is 0 Å². The number of rotatable bonds is 3. The van der Waals surface area contributed by atoms with E-state index in [-0.39, 0.29) is 11.8 Å². The Balaban J connectivity index is 2.07. The topological polar surface area (TPSA) is 43.6 Å². The average molecular weight is 304 g/mol. The fourth-order valence-corrected chi connectivity index (χ4v) is 3.14. The van der Waals surface area contributed by atoms with E-state index in [4.69, 9.17) is 4.74 Å². The van der Waals surface area contributed by atoms with Crippen molar-refractivity contribution in [2.75, 3.05) is 6.61 Å². The predicted octanol–water partition coefficient (Wildman–Crippen LogP) is 3.69. The molecule has 2 aromatic heterocycles. The molecule has 3 rings (SSSR count). The molecule has 0 fully saturated rings. The number of thiazole rings is 1. The Hall–Kier alpha value is -2.21. The summed E-state index contributed by atoms with van der Waals surface area (Å²) in [6.07, 6.45) is 1.74. The molecular formula is C15H13FN2O2S. The Morgan fingerprint density at radius 3 is 2.86 bits per heavy atom. The van der Waals surface area contributed by atoms with Crippen LogP contribution in [0.15, 0.2) is 30.5 Å². The van der Waals surface area contributed by atoms with E-state index in [9.17, 15) is 9.18 Å². The first-order chi connectivity index (χ1) is 10.1. The average Bonchev–Trinajstić information content (AvgIpc) is 3.00. The molecule has 108 valence electrons. The summed E-state index contributed by atoms with van der Waals surface area (Å²) in [5, 5.41) is 0. The van der Waals surface area contributed by atoms with Crippen LogP contribution in [0.1, 0.15) is 22.3 Å². The molecule has 3 aromatic rings. The van der Waals surface area contributed by atoms with Gasteiger partial charge in [0.1, 0.15) is 10.7 Å². The van der Waals surface area contributed by atoms with Gasteiger partial charge in [-0.05, 0) is 26.0 Å². The number of carbonyl (C=O) groups excluding carboxylic acids is 1. The summed E-state index contributed by atoms with van der Waals surface area (Å²) < 4.78 is 20.6. The molecule has 6 heteroatoms. The highest BCUT2D eigenvalue weighted by Crippen LogP contribution is 2.28. The van der Waals surface area contributed by atoms with Crippen LogP contribution in [-0.2, 0) is 4.74 Å². The van der Waals surface area contributed by atoms with Gasteiger partial charge >= 0.3 is 5.97 Å². The zero-order valence-electron chi connectivity index (χ0n) is 11.6. The monoisotopic (exact) mass is 304 g/mol. The summed E-state index contributed by atoms with van der Waals surface area (Å²) in [7, 11) is 0. The molecule has 0 aliphatic heterocycles. The summed E-state index contributed by atoms with van der Waals surface area (Å²) in [6, 6.07) is 6.49. The number of aromatic nitrogens is 2. The van der Waals surface area contributed by atoms with E-state index in [1.54, 1.807) is 35.7 Å². The minimum absolute atomic E-state index is 0.313. The molecule has 1 aromatic carbocycles. The maximum absolute atomic E-state index is 13.8. The number of hydrogen-bond acceptors (Lipinski definition) is 4. The van der Waals surface area contributed by atoms with Gasteiger partial charge in [0.25, 0.3) is 0 Å². The molecule has 2 heterocycles. The lowest BCUT2D eigenvalue weighted by Crippen LogP contribution is -2.04. The summed E-state index contributed by atoms with van der Waals surface area (Å²) in [6.45, 7) is 3.92. The van der Waals surface area contributed by atoms with Gasteiger partial charge in [-0.2, -0.15) is 0 Å². The Morgan fingerprint density at radius 2 is 2.19 bits per heavy atom. The lowest BCUT2D eigenvalue weighted by molar-refractivity contribution is 0.0531. The lowest BCUT2D eigenvalue weighted by Gasteiger charge is -2.00. The first-order valence-corrected chi connectivity index (χ1v) is 7.34. The SMILES string of the molecule is CCOC(=O)c1sc2nc(-c3ccccc3F)cn2c1C. The number of nitrogens with zero attached hydrogens (tertiary/aromatic N) is 2. The number of fused-ring (bicyclic) bond motifs is 1. The second-order valence-electron chi connectivity index (χ2n) is 4.50. The van der Waals surface area contributed by atoms with Crippen molar-refractivity contribution in [3.05, 3.63) is 46.9 Å². The van der Waals surface area contributed by atoms with E-state index in [1.807, 2.05) is 6.92 Å². The summed E-state index contributed by atoms with van der Waals surface area (Å²) in [4.78, 5) is 17.4. The largest absolute Gasteiger partial charge is 0.462 e. The summed E-state index contributed by atoms with van der Waals surface area (Å²) in [5.74, 6) is -0.663. The number of esters is 1. The van der Waals surface area contributed by atoms with Gasteiger partial charge in [-0.25, -0.2) is 14.2 Å². The van der Waals surface area contributed by atoms with Gasteiger partial charge in [-0.1, -0.05) is 23.5 Å². The molecule has 0 unspecified atom stereocenters. The van der Waals surface area contributed by atoms with Crippen molar-refractivity contribution in [2.24, 2.45) is 0 Å². The van der Waals surface area contributed by atoms with E-state index >= 15 is 0 Å². The molecule has 4 nitrogen and oxygen atoms in total. The second-order valence-corrected chi connectivity index (χ2v) is 5.47. The number of benzene rings is 1. The maximum Gasteiger partial charge on any atom is 0.350 e. The zero-order valence-corrected chi connectivity index (χ0v) is 12.4. The standard InChI is InChI=1S/C15H13FN2O2S/c1-3-20-14(19)13-9(2)18-8-12(17-15(18)21-13)10-6-4-5-7-11(10)16/h4-8H,3H2,1-2H3. The van der Waals surface area contributed by atoms with Gasteiger partial charge in [0.2, 0.25) is 0 Å². The van der Waals surface area contributed by atoms with Gasteiger partial charge in [0, 0.05) is 17.5 Å². The van der Waals surface area contributed by atoms with Gasteiger partial charge < -0.3 is 4.74 Å². The van der Waals surface area contributed by atoms with Crippen molar-refractivity contribution in [2.45, 2.75) is 13.8 Å². The van der Waals surface area contributed by atoms with E-state index in [2.05, 4.69) is 4.98 Å². The molecule has 0 saturated heterocycles. The third-order valence-corrected chi connectivity index (χ3v) is 4.30. The highest BCUT2D eigenvalue weighted by molar-refractivity contribution is 7.19. The van der Waals surface area contributed by atoms with Crippen molar-refractivity contribution >= 4 is 22.3 Å². The van der Waals surface area contributed by atoms with Gasteiger partial charge in [0.15, 0.2) is 4.96 Å². The van der Waals surface area contributed by atoms with Gasteiger partial charge in [-0.3, -0.25) is 4.40 Å². The first kappa shape index (κ1) is 13.8. The van der Waals surface area contributed by atoms with E-state index in [0.29, 0.717) is 27.7 Å². The van der Waals surface area contributed by atoms with Crippen molar-refractivity contribution < 1.29 is 13.9 Å². The highest BCUT2D eigenvalue weighted by atomic mass is 32.1. The molecule has 0 spiro atoms. The predicted molar refractivity (Wildman–Crippen MR) is 79.2 cm³/mol. The van der Waals surface area contributed by atoms with Crippen LogP contribution >= 0.6 is 11.3 Å².